The van der Waals surface area contributed by atoms with E-state index in [1.54, 1.807) is 23.8 Å². The molecule has 0 radical (unpaired) electrons. The lowest BCUT2D eigenvalue weighted by Gasteiger charge is -2.08. The first-order valence-corrected chi connectivity index (χ1v) is 6.24. The van der Waals surface area contributed by atoms with E-state index in [4.69, 9.17) is 4.42 Å². The van der Waals surface area contributed by atoms with E-state index in [1.807, 2.05) is 29.6 Å². The molecule has 0 fully saturated rings. The second kappa shape index (κ2) is 4.31. The molecule has 0 bridgehead atoms. The molecule has 3 aromatic rings. The maximum atomic E-state index is 10.1. The molecule has 3 heterocycles. The summed E-state index contributed by atoms with van der Waals surface area (Å²) >= 11 is 1.63. The topological polar surface area (TPSA) is 46.3 Å². The number of furan rings is 1. The van der Waals surface area contributed by atoms with Crippen molar-refractivity contribution in [3.63, 3.8) is 0 Å². The zero-order valence-corrected chi connectivity index (χ0v) is 9.85. The zero-order chi connectivity index (χ0) is 11.7. The van der Waals surface area contributed by atoms with Gasteiger partial charge in [-0.05, 0) is 29.6 Å². The molecule has 0 aliphatic heterocycles. The summed E-state index contributed by atoms with van der Waals surface area (Å²) in [5.41, 5.74) is 1.81. The summed E-state index contributed by atoms with van der Waals surface area (Å²) in [5, 5.41) is 12.1. The van der Waals surface area contributed by atoms with Crippen LogP contribution in [0.3, 0.4) is 0 Å². The molecule has 1 unspecified atom stereocenters. The van der Waals surface area contributed by atoms with Gasteiger partial charge in [0.2, 0.25) is 0 Å². The molecule has 86 valence electrons. The van der Waals surface area contributed by atoms with Crippen LogP contribution in [0.25, 0.3) is 10.2 Å². The number of hydrogen-bond donors (Lipinski definition) is 1. The Bertz CT molecular complexity index is 615. The second-order valence-electron chi connectivity index (χ2n) is 3.87. The molecular weight excluding hydrogens is 234 g/mol. The molecule has 0 amide bonds. The monoisotopic (exact) mass is 245 g/mol. The molecule has 0 saturated heterocycles. The molecule has 3 aromatic heterocycles. The number of fused-ring (bicyclic) bond motifs is 1. The number of aliphatic hydroxyl groups excluding tert-OH is 1. The summed E-state index contributed by atoms with van der Waals surface area (Å²) in [6.45, 7) is 0. The SMILES string of the molecule is OC(Cc1ccco1)c1cnc2ccsc2c1. The van der Waals surface area contributed by atoms with E-state index in [0.29, 0.717) is 6.42 Å². The van der Waals surface area contributed by atoms with Gasteiger partial charge in [-0.2, -0.15) is 0 Å². The fourth-order valence-electron chi connectivity index (χ4n) is 1.78. The minimum atomic E-state index is -0.569. The normalized spacial score (nSPS) is 13.0. The van der Waals surface area contributed by atoms with Gasteiger partial charge in [-0.1, -0.05) is 0 Å². The van der Waals surface area contributed by atoms with Crippen LogP contribution < -0.4 is 0 Å². The maximum Gasteiger partial charge on any atom is 0.106 e. The smallest absolute Gasteiger partial charge is 0.106 e. The summed E-state index contributed by atoms with van der Waals surface area (Å²) in [7, 11) is 0. The van der Waals surface area contributed by atoms with Crippen LogP contribution in [0.15, 0.2) is 46.5 Å². The van der Waals surface area contributed by atoms with Crippen molar-refractivity contribution < 1.29 is 9.52 Å². The van der Waals surface area contributed by atoms with Gasteiger partial charge in [-0.25, -0.2) is 0 Å². The van der Waals surface area contributed by atoms with Gasteiger partial charge in [-0.3, -0.25) is 4.98 Å². The number of nitrogens with zero attached hydrogens (tertiary/aromatic N) is 1. The minimum absolute atomic E-state index is 0.478. The Morgan fingerprint density at radius 2 is 2.35 bits per heavy atom. The quantitative estimate of drug-likeness (QED) is 0.771. The lowest BCUT2D eigenvalue weighted by molar-refractivity contribution is 0.170. The van der Waals surface area contributed by atoms with E-state index in [-0.39, 0.29) is 0 Å². The van der Waals surface area contributed by atoms with E-state index in [9.17, 15) is 5.11 Å². The molecule has 17 heavy (non-hydrogen) atoms. The van der Waals surface area contributed by atoms with E-state index in [1.165, 1.54) is 0 Å². The Balaban J connectivity index is 1.87. The Hall–Kier alpha value is -1.65. The molecule has 3 rings (SSSR count). The van der Waals surface area contributed by atoms with E-state index >= 15 is 0 Å². The first-order valence-electron chi connectivity index (χ1n) is 5.36. The van der Waals surface area contributed by atoms with Crippen molar-refractivity contribution in [1.29, 1.82) is 0 Å². The van der Waals surface area contributed by atoms with Crippen LogP contribution in [0.2, 0.25) is 0 Å². The van der Waals surface area contributed by atoms with Crippen molar-refractivity contribution in [2.45, 2.75) is 12.5 Å². The molecule has 0 spiro atoms. The molecule has 1 N–H and O–H groups in total. The fraction of sp³-hybridized carbons (Fsp3) is 0.154. The van der Waals surface area contributed by atoms with Gasteiger partial charge >= 0.3 is 0 Å². The van der Waals surface area contributed by atoms with Gasteiger partial charge in [0.1, 0.15) is 5.76 Å². The van der Waals surface area contributed by atoms with Crippen molar-refractivity contribution in [3.8, 4) is 0 Å². The summed E-state index contributed by atoms with van der Waals surface area (Å²) in [6, 6.07) is 7.65. The van der Waals surface area contributed by atoms with E-state index in [2.05, 4.69) is 4.98 Å². The Morgan fingerprint density at radius 1 is 1.41 bits per heavy atom. The molecule has 1 atom stereocenters. The average molecular weight is 245 g/mol. The maximum absolute atomic E-state index is 10.1. The van der Waals surface area contributed by atoms with Gasteiger partial charge in [0, 0.05) is 18.2 Å². The molecule has 0 saturated carbocycles. The summed E-state index contributed by atoms with van der Waals surface area (Å²) in [6.07, 6.45) is 3.25. The molecule has 0 aromatic carbocycles. The summed E-state index contributed by atoms with van der Waals surface area (Å²) in [5.74, 6) is 0.781. The molecule has 0 aliphatic rings. The Labute approximate surface area is 102 Å². The third-order valence-corrected chi connectivity index (χ3v) is 3.54. The number of aliphatic hydroxyl groups is 1. The third-order valence-electron chi connectivity index (χ3n) is 2.68. The van der Waals surface area contributed by atoms with Gasteiger partial charge in [0.25, 0.3) is 0 Å². The molecule has 0 aliphatic carbocycles. The Morgan fingerprint density at radius 3 is 3.18 bits per heavy atom. The van der Waals surface area contributed by atoms with Crippen molar-refractivity contribution in [1.82, 2.24) is 4.98 Å². The average Bonchev–Trinajstić information content (AvgIpc) is 2.97. The number of thiophene rings is 1. The lowest BCUT2D eigenvalue weighted by atomic mass is 10.1. The third kappa shape index (κ3) is 2.09. The number of pyridine rings is 1. The van der Waals surface area contributed by atoms with E-state index < -0.39 is 6.10 Å². The van der Waals surface area contributed by atoms with Gasteiger partial charge < -0.3 is 9.52 Å². The van der Waals surface area contributed by atoms with Crippen LogP contribution in [0.1, 0.15) is 17.4 Å². The largest absolute Gasteiger partial charge is 0.469 e. The van der Waals surface area contributed by atoms with Gasteiger partial charge in [0.15, 0.2) is 0 Å². The Kier molecular flexibility index (Phi) is 2.66. The van der Waals surface area contributed by atoms with Crippen LogP contribution in [-0.4, -0.2) is 10.1 Å². The fourth-order valence-corrected chi connectivity index (χ4v) is 2.57. The lowest BCUT2D eigenvalue weighted by Crippen LogP contribution is -2.01. The predicted molar refractivity (Wildman–Crippen MR) is 67.0 cm³/mol. The van der Waals surface area contributed by atoms with Crippen LogP contribution in [0.4, 0.5) is 0 Å². The zero-order valence-electron chi connectivity index (χ0n) is 9.04. The second-order valence-corrected chi connectivity index (χ2v) is 4.82. The molecule has 4 heteroatoms. The van der Waals surface area contributed by atoms with Crippen molar-refractivity contribution in [2.24, 2.45) is 0 Å². The standard InChI is InChI=1S/C13H11NO2S/c15-12(7-10-2-1-4-16-10)9-6-13-11(14-8-9)3-5-17-13/h1-6,8,12,15H,7H2. The summed E-state index contributed by atoms with van der Waals surface area (Å²) < 4.78 is 6.32. The highest BCUT2D eigenvalue weighted by atomic mass is 32.1. The molecule has 3 nitrogen and oxygen atoms in total. The van der Waals surface area contributed by atoms with Gasteiger partial charge in [-0.15, -0.1) is 11.3 Å². The first kappa shape index (κ1) is 10.5. The van der Waals surface area contributed by atoms with Crippen molar-refractivity contribution in [3.05, 3.63) is 53.4 Å². The minimum Gasteiger partial charge on any atom is -0.469 e. The van der Waals surface area contributed by atoms with Crippen LogP contribution >= 0.6 is 11.3 Å². The number of hydrogen-bond acceptors (Lipinski definition) is 4. The highest BCUT2D eigenvalue weighted by Gasteiger charge is 2.11. The highest BCUT2D eigenvalue weighted by molar-refractivity contribution is 7.17. The highest BCUT2D eigenvalue weighted by Crippen LogP contribution is 2.24. The van der Waals surface area contributed by atoms with Crippen LogP contribution in [0.5, 0.6) is 0 Å². The van der Waals surface area contributed by atoms with Crippen LogP contribution in [0, 0.1) is 0 Å². The summed E-state index contributed by atoms with van der Waals surface area (Å²) in [4.78, 5) is 4.31. The molecular formula is C13H11NO2S. The predicted octanol–water partition coefficient (Wildman–Crippen LogP) is 3.17. The first-order chi connectivity index (χ1) is 8.33. The van der Waals surface area contributed by atoms with Crippen molar-refractivity contribution >= 4 is 21.6 Å². The van der Waals surface area contributed by atoms with Crippen LogP contribution in [-0.2, 0) is 6.42 Å². The van der Waals surface area contributed by atoms with Crippen molar-refractivity contribution in [2.75, 3.05) is 0 Å². The number of rotatable bonds is 3. The van der Waals surface area contributed by atoms with Gasteiger partial charge in [0.05, 0.1) is 22.6 Å². The number of aromatic nitrogens is 1. The van der Waals surface area contributed by atoms with E-state index in [0.717, 1.165) is 21.5 Å².